The van der Waals surface area contributed by atoms with Crippen LogP contribution >= 0.6 is 27.3 Å². The van der Waals surface area contributed by atoms with E-state index >= 15 is 0 Å². The summed E-state index contributed by atoms with van der Waals surface area (Å²) in [7, 11) is 0. The maximum atomic E-state index is 11.6. The summed E-state index contributed by atoms with van der Waals surface area (Å²) in [5.74, 6) is -2.25. The Balaban J connectivity index is 1.81. The number of aliphatic carboxylic acids is 1. The van der Waals surface area contributed by atoms with E-state index in [1.54, 1.807) is 0 Å². The number of carboxylic acid groups (broad SMARTS) is 2. The van der Waals surface area contributed by atoms with Crippen molar-refractivity contribution in [2.75, 3.05) is 6.61 Å². The molecule has 0 atom stereocenters. The molecule has 0 spiro atoms. The van der Waals surface area contributed by atoms with Crippen LogP contribution in [0.15, 0.2) is 28.7 Å². The molecular formula is C20H22BrNO5S. The van der Waals surface area contributed by atoms with E-state index in [0.717, 1.165) is 29.0 Å². The van der Waals surface area contributed by atoms with Gasteiger partial charge in [-0.2, -0.15) is 0 Å². The zero-order valence-corrected chi connectivity index (χ0v) is 17.6. The number of halogens is 1. The van der Waals surface area contributed by atoms with Gasteiger partial charge >= 0.3 is 11.9 Å². The Bertz CT molecular complexity index is 860. The normalized spacial score (nSPS) is 14.8. The summed E-state index contributed by atoms with van der Waals surface area (Å²) in [4.78, 5) is 23.0. The lowest BCUT2D eigenvalue weighted by Gasteiger charge is -2.23. The van der Waals surface area contributed by atoms with Crippen LogP contribution in [0, 0.1) is 0 Å². The molecule has 1 heterocycles. The molecule has 1 aliphatic rings. The molecule has 0 saturated heterocycles. The standard InChI is InChI=1S/C20H22BrNO5S/c21-16-17(27-11-15(23)24)19(20(25)26)28-18(16)13-6-4-5-12(9-13)10-22-14-7-2-1-3-8-14/h4-6,9,14,22H,1-3,7-8,10-11H2,(H,23,24)(H,25,26). The maximum absolute atomic E-state index is 11.6. The average Bonchev–Trinajstić information content (AvgIpc) is 3.02. The molecule has 1 saturated carbocycles. The van der Waals surface area contributed by atoms with Crippen molar-refractivity contribution in [2.45, 2.75) is 44.7 Å². The van der Waals surface area contributed by atoms with Crippen molar-refractivity contribution in [3.63, 3.8) is 0 Å². The van der Waals surface area contributed by atoms with Crippen LogP contribution in [0.4, 0.5) is 0 Å². The highest BCUT2D eigenvalue weighted by atomic mass is 79.9. The van der Waals surface area contributed by atoms with Crippen molar-refractivity contribution in [1.82, 2.24) is 5.32 Å². The molecule has 0 amide bonds. The van der Waals surface area contributed by atoms with Gasteiger partial charge in [0.25, 0.3) is 0 Å². The molecule has 0 bridgehead atoms. The van der Waals surface area contributed by atoms with Crippen LogP contribution in [0.5, 0.6) is 5.75 Å². The highest BCUT2D eigenvalue weighted by molar-refractivity contribution is 9.10. The molecule has 150 valence electrons. The second-order valence-electron chi connectivity index (χ2n) is 6.81. The minimum absolute atomic E-state index is 0.0196. The lowest BCUT2D eigenvalue weighted by atomic mass is 9.95. The molecule has 2 aromatic rings. The zero-order valence-electron chi connectivity index (χ0n) is 15.2. The molecule has 3 rings (SSSR count). The molecule has 1 aromatic heterocycles. The van der Waals surface area contributed by atoms with Crippen molar-refractivity contribution < 1.29 is 24.5 Å². The number of hydrogen-bond acceptors (Lipinski definition) is 5. The summed E-state index contributed by atoms with van der Waals surface area (Å²) in [6.07, 6.45) is 6.29. The Morgan fingerprint density at radius 2 is 1.96 bits per heavy atom. The van der Waals surface area contributed by atoms with Gasteiger partial charge in [0.15, 0.2) is 17.2 Å². The summed E-state index contributed by atoms with van der Waals surface area (Å²) < 4.78 is 5.69. The molecule has 0 radical (unpaired) electrons. The minimum atomic E-state index is -1.16. The number of thiophene rings is 1. The Labute approximate surface area is 175 Å². The van der Waals surface area contributed by atoms with E-state index in [0.29, 0.717) is 15.4 Å². The van der Waals surface area contributed by atoms with Crippen molar-refractivity contribution in [2.24, 2.45) is 0 Å². The summed E-state index contributed by atoms with van der Waals surface area (Å²) in [6, 6.07) is 8.48. The van der Waals surface area contributed by atoms with Crippen LogP contribution in [0.2, 0.25) is 0 Å². The van der Waals surface area contributed by atoms with Crippen LogP contribution in [0.1, 0.15) is 47.3 Å². The van der Waals surface area contributed by atoms with Gasteiger partial charge in [-0.05, 0) is 46.0 Å². The average molecular weight is 468 g/mol. The van der Waals surface area contributed by atoms with Gasteiger partial charge in [-0.15, -0.1) is 11.3 Å². The maximum Gasteiger partial charge on any atom is 0.349 e. The van der Waals surface area contributed by atoms with Gasteiger partial charge in [0.2, 0.25) is 0 Å². The number of benzene rings is 1. The first-order valence-corrected chi connectivity index (χ1v) is 10.8. The molecule has 6 nitrogen and oxygen atoms in total. The number of ether oxygens (including phenoxy) is 1. The fourth-order valence-electron chi connectivity index (χ4n) is 3.38. The van der Waals surface area contributed by atoms with Gasteiger partial charge in [-0.3, -0.25) is 0 Å². The molecule has 0 aliphatic heterocycles. The third-order valence-electron chi connectivity index (χ3n) is 4.73. The topological polar surface area (TPSA) is 95.9 Å². The van der Waals surface area contributed by atoms with E-state index in [1.807, 2.05) is 24.3 Å². The van der Waals surface area contributed by atoms with Gasteiger partial charge in [-0.1, -0.05) is 37.5 Å². The Kier molecular flexibility index (Phi) is 7.09. The fraction of sp³-hybridized carbons (Fsp3) is 0.400. The lowest BCUT2D eigenvalue weighted by molar-refractivity contribution is -0.139. The molecule has 1 aliphatic carbocycles. The van der Waals surface area contributed by atoms with Gasteiger partial charge in [-0.25, -0.2) is 9.59 Å². The number of nitrogens with one attached hydrogen (secondary N) is 1. The number of hydrogen-bond donors (Lipinski definition) is 3. The number of aromatic carboxylic acids is 1. The van der Waals surface area contributed by atoms with E-state index in [2.05, 4.69) is 21.2 Å². The molecule has 1 fully saturated rings. The van der Waals surface area contributed by atoms with E-state index in [1.165, 1.54) is 32.1 Å². The van der Waals surface area contributed by atoms with Crippen molar-refractivity contribution in [3.8, 4) is 16.2 Å². The monoisotopic (exact) mass is 467 g/mol. The molecule has 8 heteroatoms. The van der Waals surface area contributed by atoms with Crippen molar-refractivity contribution >= 4 is 39.2 Å². The van der Waals surface area contributed by atoms with Gasteiger partial charge < -0.3 is 20.3 Å². The first-order valence-electron chi connectivity index (χ1n) is 9.18. The van der Waals surface area contributed by atoms with Crippen LogP contribution in [0.25, 0.3) is 10.4 Å². The van der Waals surface area contributed by atoms with Crippen LogP contribution in [0.3, 0.4) is 0 Å². The van der Waals surface area contributed by atoms with E-state index in [9.17, 15) is 14.7 Å². The van der Waals surface area contributed by atoms with E-state index in [-0.39, 0.29) is 10.6 Å². The second kappa shape index (κ2) is 9.54. The van der Waals surface area contributed by atoms with Crippen LogP contribution < -0.4 is 10.1 Å². The molecule has 28 heavy (non-hydrogen) atoms. The number of rotatable bonds is 8. The Morgan fingerprint density at radius 1 is 1.21 bits per heavy atom. The van der Waals surface area contributed by atoms with Gasteiger partial charge in [0, 0.05) is 12.6 Å². The summed E-state index contributed by atoms with van der Waals surface area (Å²) in [6.45, 7) is 0.163. The number of carbonyl (C=O) groups is 2. The summed E-state index contributed by atoms with van der Waals surface area (Å²) in [5.41, 5.74) is 1.99. The minimum Gasteiger partial charge on any atom is -0.479 e. The quantitative estimate of drug-likeness (QED) is 0.517. The lowest BCUT2D eigenvalue weighted by Crippen LogP contribution is -2.30. The largest absolute Gasteiger partial charge is 0.479 e. The third kappa shape index (κ3) is 5.12. The third-order valence-corrected chi connectivity index (χ3v) is 6.96. The molecule has 0 unspecified atom stereocenters. The molecule has 1 aromatic carbocycles. The SMILES string of the molecule is O=C(O)COc1c(C(=O)O)sc(-c2cccc(CNC3CCCCC3)c2)c1Br. The van der Waals surface area contributed by atoms with Gasteiger partial charge in [0.05, 0.1) is 9.35 Å². The molecular weight excluding hydrogens is 446 g/mol. The van der Waals surface area contributed by atoms with Crippen LogP contribution in [-0.4, -0.2) is 34.8 Å². The Morgan fingerprint density at radius 3 is 2.64 bits per heavy atom. The van der Waals surface area contributed by atoms with Crippen molar-refractivity contribution in [1.29, 1.82) is 0 Å². The zero-order chi connectivity index (χ0) is 20.1. The number of carboxylic acids is 2. The second-order valence-corrected chi connectivity index (χ2v) is 8.62. The van der Waals surface area contributed by atoms with Crippen molar-refractivity contribution in [3.05, 3.63) is 39.2 Å². The molecule has 3 N–H and O–H groups in total. The first-order chi connectivity index (χ1) is 13.5. The predicted octanol–water partition coefficient (Wildman–Crippen LogP) is 4.76. The highest BCUT2D eigenvalue weighted by Crippen LogP contribution is 2.45. The van der Waals surface area contributed by atoms with Gasteiger partial charge in [0.1, 0.15) is 0 Å². The smallest absolute Gasteiger partial charge is 0.349 e. The van der Waals surface area contributed by atoms with E-state index in [4.69, 9.17) is 9.84 Å². The fourth-order valence-corrected chi connectivity index (χ4v) is 5.26. The predicted molar refractivity (Wildman–Crippen MR) is 111 cm³/mol. The van der Waals surface area contributed by atoms with E-state index < -0.39 is 18.5 Å². The van der Waals surface area contributed by atoms with Crippen LogP contribution in [-0.2, 0) is 11.3 Å². The Hall–Kier alpha value is -1.90. The first kappa shape index (κ1) is 20.8. The summed E-state index contributed by atoms with van der Waals surface area (Å²) >= 11 is 4.47. The summed E-state index contributed by atoms with van der Waals surface area (Å²) in [5, 5.41) is 21.9. The highest BCUT2D eigenvalue weighted by Gasteiger charge is 2.24.